The fourth-order valence-electron chi connectivity index (χ4n) is 1.73. The number of rotatable bonds is 10. The summed E-state index contributed by atoms with van der Waals surface area (Å²) in [7, 11) is 0. The molecule has 0 spiro atoms. The van der Waals surface area contributed by atoms with E-state index in [4.69, 9.17) is 45.3 Å². The van der Waals surface area contributed by atoms with Crippen LogP contribution >= 0.6 is 34.8 Å². The number of carbonyl (C=O) groups is 3. The van der Waals surface area contributed by atoms with E-state index in [0.717, 1.165) is 13.8 Å². The molecule has 158 valence electrons. The molecular formula is C15H25Cl3FN3O5. The number of amides is 2. The smallest absolute Gasteiger partial charge is 0.323 e. The van der Waals surface area contributed by atoms with Gasteiger partial charge in [0.15, 0.2) is 6.10 Å². The Morgan fingerprint density at radius 3 is 2.26 bits per heavy atom. The molecule has 0 fully saturated rings. The van der Waals surface area contributed by atoms with E-state index in [0.29, 0.717) is 6.42 Å². The van der Waals surface area contributed by atoms with E-state index in [2.05, 4.69) is 10.6 Å². The molecule has 2 amide bonds. The van der Waals surface area contributed by atoms with E-state index in [-0.39, 0.29) is 13.0 Å². The zero-order chi connectivity index (χ0) is 21.4. The molecule has 0 aromatic carbocycles. The zero-order valence-electron chi connectivity index (χ0n) is 15.2. The van der Waals surface area contributed by atoms with E-state index in [1.165, 1.54) is 6.92 Å². The summed E-state index contributed by atoms with van der Waals surface area (Å²) in [6.07, 6.45) is -1.35. The molecule has 8 nitrogen and oxygen atoms in total. The Balaban J connectivity index is 4.15. The molecule has 0 saturated heterocycles. The Labute approximate surface area is 172 Å². The van der Waals surface area contributed by atoms with Crippen LogP contribution in [0.3, 0.4) is 0 Å². The van der Waals surface area contributed by atoms with Crippen LogP contribution < -0.4 is 16.4 Å². The van der Waals surface area contributed by atoms with Crippen LogP contribution in [0.5, 0.6) is 0 Å². The number of nitrogens with one attached hydrogen (secondary N) is 2. The van der Waals surface area contributed by atoms with Gasteiger partial charge in [-0.1, -0.05) is 34.8 Å². The van der Waals surface area contributed by atoms with Crippen molar-refractivity contribution in [3.8, 4) is 0 Å². The summed E-state index contributed by atoms with van der Waals surface area (Å²) < 4.78 is 16.5. The summed E-state index contributed by atoms with van der Waals surface area (Å²) >= 11 is 16.4. The van der Waals surface area contributed by atoms with Crippen molar-refractivity contribution in [3.63, 3.8) is 0 Å². The highest BCUT2D eigenvalue weighted by Crippen LogP contribution is 2.26. The highest BCUT2D eigenvalue weighted by Gasteiger charge is 2.34. The Morgan fingerprint density at radius 1 is 1.22 bits per heavy atom. The molecule has 0 aromatic heterocycles. The predicted molar refractivity (Wildman–Crippen MR) is 100 cm³/mol. The molecule has 12 heteroatoms. The van der Waals surface area contributed by atoms with Crippen LogP contribution in [-0.2, 0) is 19.1 Å². The van der Waals surface area contributed by atoms with Crippen molar-refractivity contribution in [1.29, 1.82) is 0 Å². The molecule has 0 heterocycles. The average molecular weight is 453 g/mol. The second kappa shape index (κ2) is 11.2. The van der Waals surface area contributed by atoms with E-state index in [1.54, 1.807) is 0 Å². The molecule has 5 N–H and O–H groups in total. The van der Waals surface area contributed by atoms with Crippen LogP contribution in [0.1, 0.15) is 33.6 Å². The molecule has 0 aromatic rings. The molecule has 0 aliphatic carbocycles. The van der Waals surface area contributed by atoms with Crippen molar-refractivity contribution in [3.05, 3.63) is 0 Å². The van der Waals surface area contributed by atoms with Crippen molar-refractivity contribution in [2.24, 2.45) is 5.73 Å². The van der Waals surface area contributed by atoms with Crippen LogP contribution in [0.4, 0.5) is 4.39 Å². The Hall–Kier alpha value is -0.870. The molecule has 0 bridgehead atoms. The van der Waals surface area contributed by atoms with Gasteiger partial charge in [-0.3, -0.25) is 14.4 Å². The molecule has 27 heavy (non-hydrogen) atoms. The maximum Gasteiger partial charge on any atom is 0.323 e. The van der Waals surface area contributed by atoms with Gasteiger partial charge in [-0.25, -0.2) is 4.39 Å². The second-order valence-electron chi connectivity index (χ2n) is 6.46. The quantitative estimate of drug-likeness (QED) is 0.220. The fourth-order valence-corrected chi connectivity index (χ4v) is 1.90. The lowest BCUT2D eigenvalue weighted by Gasteiger charge is -2.23. The van der Waals surface area contributed by atoms with Crippen LogP contribution in [0, 0.1) is 0 Å². The van der Waals surface area contributed by atoms with Gasteiger partial charge in [0.1, 0.15) is 24.4 Å². The van der Waals surface area contributed by atoms with Gasteiger partial charge >= 0.3 is 5.97 Å². The molecule has 0 rings (SSSR count). The number of nitrogens with two attached hydrogens (primary N) is 1. The van der Waals surface area contributed by atoms with Gasteiger partial charge in [-0.05, 0) is 33.6 Å². The number of ether oxygens (including phenoxy) is 1. The standard InChI is InChI=1S/C15H25Cl3FN3O5/c1-8(22-12(25)10(23)14(2,3)19)11(24)21-6-4-5-9(20)13(26)27-7-15(16,17)18/h8-10,23H,4-7,20H2,1-3H3,(H,21,24)(H,22,25)/t8-,9-,10+/m0/s1. The van der Waals surface area contributed by atoms with Gasteiger partial charge in [0.25, 0.3) is 5.91 Å². The number of aliphatic hydroxyl groups excluding tert-OH is 1. The van der Waals surface area contributed by atoms with Gasteiger partial charge in [0, 0.05) is 6.54 Å². The molecule has 0 aliphatic rings. The maximum absolute atomic E-state index is 13.5. The van der Waals surface area contributed by atoms with Gasteiger partial charge in [-0.2, -0.15) is 0 Å². The number of alkyl halides is 4. The van der Waals surface area contributed by atoms with Crippen LogP contribution in [0.2, 0.25) is 0 Å². The summed E-state index contributed by atoms with van der Waals surface area (Å²) in [5.41, 5.74) is 3.49. The Morgan fingerprint density at radius 2 is 1.78 bits per heavy atom. The molecule has 3 atom stereocenters. The van der Waals surface area contributed by atoms with Crippen molar-refractivity contribution in [1.82, 2.24) is 10.6 Å². The van der Waals surface area contributed by atoms with Crippen molar-refractivity contribution >= 4 is 52.6 Å². The molecule has 0 unspecified atom stereocenters. The number of halogens is 4. The van der Waals surface area contributed by atoms with E-state index in [9.17, 15) is 23.9 Å². The van der Waals surface area contributed by atoms with E-state index >= 15 is 0 Å². The fraction of sp³-hybridized carbons (Fsp3) is 0.800. The minimum Gasteiger partial charge on any atom is -0.460 e. The summed E-state index contributed by atoms with van der Waals surface area (Å²) in [6.45, 7) is 3.21. The Bertz CT molecular complexity index is 526. The lowest BCUT2D eigenvalue weighted by atomic mass is 10.0. The van der Waals surface area contributed by atoms with E-state index < -0.39 is 52.0 Å². The van der Waals surface area contributed by atoms with Crippen molar-refractivity contribution in [2.75, 3.05) is 13.2 Å². The SMILES string of the molecule is C[C@H](NC(=O)[C@@H](O)C(C)(C)F)C(=O)NCCC[C@H](N)C(=O)OCC(Cl)(Cl)Cl. The second-order valence-corrected chi connectivity index (χ2v) is 8.98. The van der Waals surface area contributed by atoms with Gasteiger partial charge in [-0.15, -0.1) is 0 Å². The lowest BCUT2D eigenvalue weighted by Crippen LogP contribution is -2.52. The average Bonchev–Trinajstić information content (AvgIpc) is 2.53. The van der Waals surface area contributed by atoms with Gasteiger partial charge < -0.3 is 26.2 Å². The molecular weight excluding hydrogens is 428 g/mol. The molecule has 0 radical (unpaired) electrons. The van der Waals surface area contributed by atoms with Crippen molar-refractivity contribution in [2.45, 2.75) is 61.3 Å². The number of aliphatic hydroxyl groups is 1. The summed E-state index contributed by atoms with van der Waals surface area (Å²) in [5.74, 6) is -2.28. The van der Waals surface area contributed by atoms with E-state index in [1.807, 2.05) is 0 Å². The number of hydrogen-bond donors (Lipinski definition) is 4. The number of carbonyl (C=O) groups excluding carboxylic acids is 3. The number of esters is 1. The zero-order valence-corrected chi connectivity index (χ0v) is 17.5. The minimum absolute atomic E-state index is 0.168. The summed E-state index contributed by atoms with van der Waals surface area (Å²) in [4.78, 5) is 35.1. The summed E-state index contributed by atoms with van der Waals surface area (Å²) in [5, 5.41) is 14.2. The summed E-state index contributed by atoms with van der Waals surface area (Å²) in [6, 6.07) is -1.94. The largest absolute Gasteiger partial charge is 0.460 e. The Kier molecular flexibility index (Phi) is 10.8. The third-order valence-electron chi connectivity index (χ3n) is 3.32. The number of hydrogen-bond acceptors (Lipinski definition) is 6. The predicted octanol–water partition coefficient (Wildman–Crippen LogP) is 0.737. The van der Waals surface area contributed by atoms with Gasteiger partial charge in [0.05, 0.1) is 0 Å². The highest BCUT2D eigenvalue weighted by molar-refractivity contribution is 6.67. The first-order chi connectivity index (χ1) is 12.1. The third-order valence-corrected chi connectivity index (χ3v) is 3.65. The maximum atomic E-state index is 13.5. The monoisotopic (exact) mass is 451 g/mol. The highest BCUT2D eigenvalue weighted by atomic mass is 35.6. The first-order valence-electron chi connectivity index (χ1n) is 8.09. The minimum atomic E-state index is -2.14. The van der Waals surface area contributed by atoms with Crippen LogP contribution in [0.15, 0.2) is 0 Å². The van der Waals surface area contributed by atoms with Crippen LogP contribution in [0.25, 0.3) is 0 Å². The van der Waals surface area contributed by atoms with Crippen LogP contribution in [-0.4, -0.2) is 63.7 Å². The first kappa shape index (κ1) is 26.1. The normalized spacial score (nSPS) is 15.4. The first-order valence-corrected chi connectivity index (χ1v) is 9.22. The topological polar surface area (TPSA) is 131 Å². The lowest BCUT2D eigenvalue weighted by molar-refractivity contribution is -0.145. The third kappa shape index (κ3) is 11.5. The van der Waals surface area contributed by atoms with Crippen molar-refractivity contribution < 1.29 is 28.6 Å². The molecule has 0 aliphatic heterocycles. The van der Waals surface area contributed by atoms with Gasteiger partial charge in [0.2, 0.25) is 9.70 Å². The molecule has 0 saturated carbocycles.